The van der Waals surface area contributed by atoms with Crippen molar-refractivity contribution in [3.8, 4) is 11.6 Å². The van der Waals surface area contributed by atoms with E-state index in [1.54, 1.807) is 6.20 Å². The van der Waals surface area contributed by atoms with E-state index in [-0.39, 0.29) is 6.03 Å². The third kappa shape index (κ3) is 9.28. The molecular weight excluding hydrogens is 434 g/mol. The summed E-state index contributed by atoms with van der Waals surface area (Å²) in [5, 5.41) is 3.07. The molecule has 2 aliphatic rings. The Kier molecular flexibility index (Phi) is 10.4. The summed E-state index contributed by atoms with van der Waals surface area (Å²) in [6.45, 7) is 7.58. The van der Waals surface area contributed by atoms with Gasteiger partial charge in [-0.05, 0) is 55.9 Å². The molecule has 35 heavy (non-hydrogen) atoms. The van der Waals surface area contributed by atoms with Crippen LogP contribution in [0.1, 0.15) is 50.7 Å². The van der Waals surface area contributed by atoms with E-state index in [0.29, 0.717) is 11.9 Å². The minimum atomic E-state index is 0.0949. The molecule has 0 atom stereocenters. The SMILES string of the molecule is CC.Cc1ccc(Oc2cccc(C=C3CCN(C(=O)NC4CC4)CC3)c2)nc1.c1ccccc1. The molecule has 2 fully saturated rings. The number of nitrogens with zero attached hydrogens (tertiary/aromatic N) is 2. The summed E-state index contributed by atoms with van der Waals surface area (Å²) in [5.41, 5.74) is 3.60. The van der Waals surface area contributed by atoms with Gasteiger partial charge in [0.15, 0.2) is 0 Å². The van der Waals surface area contributed by atoms with Gasteiger partial charge in [0.05, 0.1) is 0 Å². The monoisotopic (exact) mass is 471 g/mol. The Balaban J connectivity index is 0.000000369. The highest BCUT2D eigenvalue weighted by Crippen LogP contribution is 2.25. The molecule has 2 aromatic carbocycles. The molecule has 0 unspecified atom stereocenters. The van der Waals surface area contributed by atoms with Crippen molar-refractivity contribution in [3.05, 3.63) is 95.7 Å². The first kappa shape index (κ1) is 26.0. The number of aryl methyl sites for hydroxylation is 1. The predicted octanol–water partition coefficient (Wildman–Crippen LogP) is 7.25. The fourth-order valence-corrected chi connectivity index (χ4v) is 3.56. The standard InChI is InChI=1S/C22H25N3O2.C6H6.C2H6/c1-16-5-8-21(23-15-16)27-20-4-2-3-18(14-20)13-17-9-11-25(12-10-17)22(26)24-19-6-7-19;1-2-4-6-5-3-1;1-2/h2-5,8,13-15,19H,6-7,9-12H2,1H3,(H,24,26);1-6H;1-2H3. The van der Waals surface area contributed by atoms with Crippen molar-refractivity contribution in [2.75, 3.05) is 13.1 Å². The fourth-order valence-electron chi connectivity index (χ4n) is 3.56. The van der Waals surface area contributed by atoms with E-state index in [0.717, 1.165) is 55.6 Å². The third-order valence-electron chi connectivity index (χ3n) is 5.60. The van der Waals surface area contributed by atoms with Gasteiger partial charge in [-0.3, -0.25) is 0 Å². The quantitative estimate of drug-likeness (QED) is 0.436. The van der Waals surface area contributed by atoms with Gasteiger partial charge in [-0.15, -0.1) is 0 Å². The van der Waals surface area contributed by atoms with Crippen molar-refractivity contribution < 1.29 is 9.53 Å². The Bertz CT molecular complexity index is 1020. The second-order valence-corrected chi connectivity index (χ2v) is 8.52. The molecule has 0 spiro atoms. The summed E-state index contributed by atoms with van der Waals surface area (Å²) in [6.07, 6.45) is 8.10. The van der Waals surface area contributed by atoms with E-state index >= 15 is 0 Å². The minimum absolute atomic E-state index is 0.0949. The van der Waals surface area contributed by atoms with Crippen LogP contribution in [0.2, 0.25) is 0 Å². The molecule has 184 valence electrons. The van der Waals surface area contributed by atoms with Gasteiger partial charge in [-0.1, -0.05) is 80.1 Å². The number of hydrogen-bond acceptors (Lipinski definition) is 3. The topological polar surface area (TPSA) is 54.5 Å². The van der Waals surface area contributed by atoms with Crippen molar-refractivity contribution in [2.45, 2.75) is 52.5 Å². The summed E-state index contributed by atoms with van der Waals surface area (Å²) in [4.78, 5) is 18.3. The zero-order valence-electron chi connectivity index (χ0n) is 21.1. The van der Waals surface area contributed by atoms with Gasteiger partial charge in [-0.2, -0.15) is 0 Å². The molecule has 5 heteroatoms. The molecule has 1 aliphatic heterocycles. The predicted molar refractivity (Wildman–Crippen MR) is 144 cm³/mol. The number of amides is 2. The number of nitrogens with one attached hydrogen (secondary N) is 1. The molecule has 1 aliphatic carbocycles. The van der Waals surface area contributed by atoms with Crippen molar-refractivity contribution in [2.24, 2.45) is 0 Å². The summed E-state index contributed by atoms with van der Waals surface area (Å²) >= 11 is 0. The minimum Gasteiger partial charge on any atom is -0.439 e. The van der Waals surface area contributed by atoms with E-state index in [9.17, 15) is 4.79 Å². The molecule has 1 N–H and O–H groups in total. The maximum absolute atomic E-state index is 12.1. The van der Waals surface area contributed by atoms with Crippen LogP contribution in [0.25, 0.3) is 6.08 Å². The Morgan fingerprint density at radius 1 is 0.971 bits per heavy atom. The van der Waals surface area contributed by atoms with Gasteiger partial charge in [0.25, 0.3) is 0 Å². The largest absolute Gasteiger partial charge is 0.439 e. The highest BCUT2D eigenvalue weighted by atomic mass is 16.5. The number of hydrogen-bond donors (Lipinski definition) is 1. The molecule has 5 rings (SSSR count). The lowest BCUT2D eigenvalue weighted by atomic mass is 10.0. The van der Waals surface area contributed by atoms with Gasteiger partial charge in [0.2, 0.25) is 5.88 Å². The highest BCUT2D eigenvalue weighted by Gasteiger charge is 2.27. The maximum atomic E-state index is 12.1. The number of likely N-dealkylation sites (tertiary alicyclic amines) is 1. The number of carbonyl (C=O) groups is 1. The van der Waals surface area contributed by atoms with E-state index in [4.69, 9.17) is 4.74 Å². The average Bonchev–Trinajstić information content (AvgIpc) is 3.73. The van der Waals surface area contributed by atoms with Gasteiger partial charge in [0, 0.05) is 31.4 Å². The second kappa shape index (κ2) is 14.0. The molecule has 2 heterocycles. The van der Waals surface area contributed by atoms with Crippen molar-refractivity contribution in [1.82, 2.24) is 15.2 Å². The lowest BCUT2D eigenvalue weighted by Gasteiger charge is -2.28. The van der Waals surface area contributed by atoms with E-state index < -0.39 is 0 Å². The van der Waals surface area contributed by atoms with E-state index in [2.05, 4.69) is 22.4 Å². The van der Waals surface area contributed by atoms with Gasteiger partial charge < -0.3 is 15.0 Å². The number of urea groups is 1. The maximum Gasteiger partial charge on any atom is 0.317 e. The Labute approximate surface area is 209 Å². The molecule has 1 aromatic heterocycles. The second-order valence-electron chi connectivity index (χ2n) is 8.52. The zero-order chi connectivity index (χ0) is 24.9. The van der Waals surface area contributed by atoms with Crippen LogP contribution < -0.4 is 10.1 Å². The molecule has 0 radical (unpaired) electrons. The number of carbonyl (C=O) groups excluding carboxylic acids is 1. The van der Waals surface area contributed by atoms with Crippen LogP contribution in [0, 0.1) is 6.92 Å². The van der Waals surface area contributed by atoms with E-state index in [1.165, 1.54) is 5.57 Å². The smallest absolute Gasteiger partial charge is 0.317 e. The molecule has 3 aromatic rings. The van der Waals surface area contributed by atoms with Crippen LogP contribution in [0.5, 0.6) is 11.6 Å². The van der Waals surface area contributed by atoms with Crippen LogP contribution in [0.3, 0.4) is 0 Å². The molecule has 1 saturated heterocycles. The van der Waals surface area contributed by atoms with Gasteiger partial charge >= 0.3 is 6.03 Å². The van der Waals surface area contributed by atoms with Gasteiger partial charge in [-0.25, -0.2) is 9.78 Å². The average molecular weight is 472 g/mol. The molecule has 2 amide bonds. The zero-order valence-corrected chi connectivity index (χ0v) is 21.1. The number of piperidine rings is 1. The first-order valence-corrected chi connectivity index (χ1v) is 12.6. The third-order valence-corrected chi connectivity index (χ3v) is 5.60. The van der Waals surface area contributed by atoms with Crippen LogP contribution in [0.4, 0.5) is 4.79 Å². The van der Waals surface area contributed by atoms with Crippen LogP contribution in [-0.2, 0) is 0 Å². The lowest BCUT2D eigenvalue weighted by Crippen LogP contribution is -2.43. The van der Waals surface area contributed by atoms with Crippen molar-refractivity contribution in [3.63, 3.8) is 0 Å². The Morgan fingerprint density at radius 2 is 1.63 bits per heavy atom. The first-order chi connectivity index (χ1) is 17.2. The number of pyridine rings is 1. The lowest BCUT2D eigenvalue weighted by molar-refractivity contribution is 0.193. The highest BCUT2D eigenvalue weighted by molar-refractivity contribution is 5.75. The summed E-state index contributed by atoms with van der Waals surface area (Å²) < 4.78 is 5.85. The molecule has 0 bridgehead atoms. The summed E-state index contributed by atoms with van der Waals surface area (Å²) in [5.74, 6) is 1.38. The summed E-state index contributed by atoms with van der Waals surface area (Å²) in [6, 6.07) is 24.4. The number of benzene rings is 2. The number of aromatic nitrogens is 1. The Hall–Kier alpha value is -3.60. The number of rotatable bonds is 4. The molecule has 5 nitrogen and oxygen atoms in total. The fraction of sp³-hybridized carbons (Fsp3) is 0.333. The van der Waals surface area contributed by atoms with Gasteiger partial charge in [0.1, 0.15) is 5.75 Å². The van der Waals surface area contributed by atoms with Crippen molar-refractivity contribution >= 4 is 12.1 Å². The van der Waals surface area contributed by atoms with E-state index in [1.807, 2.05) is 92.4 Å². The van der Waals surface area contributed by atoms with Crippen LogP contribution in [0.15, 0.2) is 84.6 Å². The van der Waals surface area contributed by atoms with Crippen LogP contribution in [-0.4, -0.2) is 35.0 Å². The molecule has 1 saturated carbocycles. The van der Waals surface area contributed by atoms with Crippen LogP contribution >= 0.6 is 0 Å². The first-order valence-electron chi connectivity index (χ1n) is 12.6. The summed E-state index contributed by atoms with van der Waals surface area (Å²) in [7, 11) is 0. The van der Waals surface area contributed by atoms with Crippen molar-refractivity contribution in [1.29, 1.82) is 0 Å². The Morgan fingerprint density at radius 3 is 2.20 bits per heavy atom. The number of ether oxygens (including phenoxy) is 1. The normalized spacial score (nSPS) is 14.5. The molecular formula is C30H37N3O2.